The molecule has 1 saturated carbocycles. The van der Waals surface area contributed by atoms with Gasteiger partial charge in [-0.3, -0.25) is 4.79 Å². The summed E-state index contributed by atoms with van der Waals surface area (Å²) in [5.74, 6) is -1.06. The largest absolute Gasteiger partial charge is 0.481 e. The maximum absolute atomic E-state index is 12.3. The van der Waals surface area contributed by atoms with Crippen molar-refractivity contribution in [3.8, 4) is 0 Å². The van der Waals surface area contributed by atoms with Gasteiger partial charge in [-0.15, -0.1) is 0 Å². The van der Waals surface area contributed by atoms with Gasteiger partial charge in [-0.2, -0.15) is 0 Å². The summed E-state index contributed by atoms with van der Waals surface area (Å²) >= 11 is 0. The fourth-order valence-corrected chi connectivity index (χ4v) is 3.25. The van der Waals surface area contributed by atoms with E-state index in [1.165, 1.54) is 0 Å². The van der Waals surface area contributed by atoms with Crippen molar-refractivity contribution in [3.63, 3.8) is 0 Å². The van der Waals surface area contributed by atoms with Crippen LogP contribution in [0, 0.1) is 5.92 Å². The Labute approximate surface area is 125 Å². The summed E-state index contributed by atoms with van der Waals surface area (Å²) in [6, 6.07) is 0.0128. The van der Waals surface area contributed by atoms with Gasteiger partial charge in [0.1, 0.15) is 0 Å². The van der Waals surface area contributed by atoms with Gasteiger partial charge < -0.3 is 20.1 Å². The van der Waals surface area contributed by atoms with Crippen LogP contribution in [0.15, 0.2) is 0 Å². The number of aliphatic carboxylic acids is 1. The normalized spacial score (nSPS) is 27.4. The van der Waals surface area contributed by atoms with Crippen LogP contribution >= 0.6 is 0 Å². The molecule has 120 valence electrons. The standard InChI is InChI=1S/C15H26N2O4/c1-2-21-13-6-4-3-5-12(13)16-15(20)17-9-7-11(8-10-17)14(18)19/h11-13H,2-10H2,1H3,(H,16,20)(H,18,19)/t12-,13-/m1/s1. The molecule has 0 radical (unpaired) electrons. The molecule has 1 aliphatic heterocycles. The highest BCUT2D eigenvalue weighted by Gasteiger charge is 2.31. The molecule has 21 heavy (non-hydrogen) atoms. The van der Waals surface area contributed by atoms with Crippen molar-refractivity contribution in [3.05, 3.63) is 0 Å². The summed E-state index contributed by atoms with van der Waals surface area (Å²) in [4.78, 5) is 25.0. The van der Waals surface area contributed by atoms with E-state index in [-0.39, 0.29) is 24.1 Å². The first-order valence-electron chi connectivity index (χ1n) is 8.01. The topological polar surface area (TPSA) is 78.9 Å². The molecular weight excluding hydrogens is 272 g/mol. The number of piperidine rings is 1. The predicted molar refractivity (Wildman–Crippen MR) is 78.1 cm³/mol. The molecule has 0 bridgehead atoms. The fraction of sp³-hybridized carbons (Fsp3) is 0.867. The summed E-state index contributed by atoms with van der Waals surface area (Å²) in [5.41, 5.74) is 0. The first kappa shape index (κ1) is 16.1. The molecule has 1 heterocycles. The fourth-order valence-electron chi connectivity index (χ4n) is 3.25. The third kappa shape index (κ3) is 4.33. The molecular formula is C15H26N2O4. The van der Waals surface area contributed by atoms with E-state index in [1.54, 1.807) is 4.90 Å². The van der Waals surface area contributed by atoms with Gasteiger partial charge in [-0.1, -0.05) is 12.8 Å². The number of carbonyl (C=O) groups excluding carboxylic acids is 1. The molecule has 2 N–H and O–H groups in total. The number of likely N-dealkylation sites (tertiary alicyclic amines) is 1. The van der Waals surface area contributed by atoms with E-state index in [4.69, 9.17) is 9.84 Å². The van der Waals surface area contributed by atoms with Crippen LogP contribution in [0.3, 0.4) is 0 Å². The van der Waals surface area contributed by atoms with Crippen LogP contribution in [-0.4, -0.2) is 53.8 Å². The summed E-state index contributed by atoms with van der Waals surface area (Å²) in [7, 11) is 0. The third-order valence-corrected chi connectivity index (χ3v) is 4.52. The Hall–Kier alpha value is -1.30. The quantitative estimate of drug-likeness (QED) is 0.830. The van der Waals surface area contributed by atoms with Crippen LogP contribution in [0.5, 0.6) is 0 Å². The van der Waals surface area contributed by atoms with Crippen molar-refractivity contribution in [2.45, 2.75) is 57.6 Å². The van der Waals surface area contributed by atoms with Crippen LogP contribution < -0.4 is 5.32 Å². The number of ether oxygens (including phenoxy) is 1. The summed E-state index contributed by atoms with van der Waals surface area (Å²) in [6.07, 6.45) is 5.44. The van der Waals surface area contributed by atoms with Crippen molar-refractivity contribution in [2.75, 3.05) is 19.7 Å². The SMILES string of the molecule is CCO[C@@H]1CCCC[C@H]1NC(=O)N1CCC(C(=O)O)CC1. The lowest BCUT2D eigenvalue weighted by atomic mass is 9.92. The number of rotatable bonds is 4. The summed E-state index contributed by atoms with van der Waals surface area (Å²) in [5, 5.41) is 12.1. The van der Waals surface area contributed by atoms with Gasteiger partial charge in [0.2, 0.25) is 0 Å². The predicted octanol–water partition coefficient (Wildman–Crippen LogP) is 1.84. The second-order valence-corrected chi connectivity index (χ2v) is 5.93. The van der Waals surface area contributed by atoms with Crippen molar-refractivity contribution in [1.82, 2.24) is 10.2 Å². The number of carboxylic acid groups (broad SMARTS) is 1. The summed E-state index contributed by atoms with van der Waals surface area (Å²) in [6.45, 7) is 3.69. The Balaban J connectivity index is 1.82. The van der Waals surface area contributed by atoms with E-state index in [0.717, 1.165) is 25.7 Å². The molecule has 0 spiro atoms. The van der Waals surface area contributed by atoms with Gasteiger partial charge in [0, 0.05) is 19.7 Å². The highest BCUT2D eigenvalue weighted by molar-refractivity contribution is 5.75. The number of carboxylic acids is 1. The molecule has 6 heteroatoms. The Morgan fingerprint density at radius 2 is 1.86 bits per heavy atom. The van der Waals surface area contributed by atoms with Crippen LogP contribution in [0.4, 0.5) is 4.79 Å². The molecule has 1 saturated heterocycles. The minimum atomic E-state index is -0.751. The first-order chi connectivity index (χ1) is 10.1. The van der Waals surface area contributed by atoms with Crippen LogP contribution in [0.25, 0.3) is 0 Å². The Kier molecular flexibility index (Phi) is 5.85. The van der Waals surface area contributed by atoms with E-state index in [0.29, 0.717) is 32.5 Å². The molecule has 2 amide bonds. The Bertz CT molecular complexity index is 365. The third-order valence-electron chi connectivity index (χ3n) is 4.52. The maximum atomic E-state index is 12.3. The number of hydrogen-bond acceptors (Lipinski definition) is 3. The van der Waals surface area contributed by atoms with E-state index < -0.39 is 5.97 Å². The highest BCUT2D eigenvalue weighted by atomic mass is 16.5. The van der Waals surface area contributed by atoms with Crippen LogP contribution in [-0.2, 0) is 9.53 Å². The first-order valence-corrected chi connectivity index (χ1v) is 8.01. The Morgan fingerprint density at radius 1 is 1.19 bits per heavy atom. The van der Waals surface area contributed by atoms with E-state index in [9.17, 15) is 9.59 Å². The van der Waals surface area contributed by atoms with E-state index in [1.807, 2.05) is 6.92 Å². The van der Waals surface area contributed by atoms with Gasteiger partial charge in [-0.05, 0) is 32.6 Å². The van der Waals surface area contributed by atoms with Gasteiger partial charge >= 0.3 is 12.0 Å². The molecule has 0 aromatic rings. The molecule has 2 atom stereocenters. The van der Waals surface area contributed by atoms with Crippen molar-refractivity contribution < 1.29 is 19.4 Å². The number of urea groups is 1. The average Bonchev–Trinajstić information content (AvgIpc) is 2.49. The lowest BCUT2D eigenvalue weighted by Gasteiger charge is -2.35. The van der Waals surface area contributed by atoms with Crippen LogP contribution in [0.1, 0.15) is 45.4 Å². The van der Waals surface area contributed by atoms with Gasteiger partial charge in [-0.25, -0.2) is 4.79 Å². The van der Waals surface area contributed by atoms with Crippen molar-refractivity contribution in [1.29, 1.82) is 0 Å². The van der Waals surface area contributed by atoms with Crippen molar-refractivity contribution in [2.24, 2.45) is 5.92 Å². The summed E-state index contributed by atoms with van der Waals surface area (Å²) < 4.78 is 5.72. The zero-order valence-corrected chi connectivity index (χ0v) is 12.7. The molecule has 0 aromatic carbocycles. The van der Waals surface area contributed by atoms with Gasteiger partial charge in [0.15, 0.2) is 0 Å². The number of nitrogens with zero attached hydrogens (tertiary/aromatic N) is 1. The smallest absolute Gasteiger partial charge is 0.317 e. The molecule has 6 nitrogen and oxygen atoms in total. The highest BCUT2D eigenvalue weighted by Crippen LogP contribution is 2.22. The second kappa shape index (κ2) is 7.64. The maximum Gasteiger partial charge on any atom is 0.317 e. The number of hydrogen-bond donors (Lipinski definition) is 2. The lowest BCUT2D eigenvalue weighted by molar-refractivity contribution is -0.143. The second-order valence-electron chi connectivity index (χ2n) is 5.93. The number of amides is 2. The molecule has 1 aliphatic carbocycles. The molecule has 2 fully saturated rings. The van der Waals surface area contributed by atoms with Crippen molar-refractivity contribution >= 4 is 12.0 Å². The zero-order valence-electron chi connectivity index (χ0n) is 12.7. The van der Waals surface area contributed by atoms with Crippen LogP contribution in [0.2, 0.25) is 0 Å². The minimum absolute atomic E-state index is 0.0737. The monoisotopic (exact) mass is 298 g/mol. The minimum Gasteiger partial charge on any atom is -0.481 e. The number of nitrogens with one attached hydrogen (secondary N) is 1. The van der Waals surface area contributed by atoms with Gasteiger partial charge in [0.25, 0.3) is 0 Å². The van der Waals surface area contributed by atoms with Gasteiger partial charge in [0.05, 0.1) is 18.1 Å². The molecule has 2 rings (SSSR count). The van der Waals surface area contributed by atoms with E-state index >= 15 is 0 Å². The number of carbonyl (C=O) groups is 2. The average molecular weight is 298 g/mol. The molecule has 0 unspecified atom stereocenters. The molecule has 2 aliphatic rings. The lowest BCUT2D eigenvalue weighted by Crippen LogP contribution is -2.53. The Morgan fingerprint density at radius 3 is 2.48 bits per heavy atom. The van der Waals surface area contributed by atoms with E-state index in [2.05, 4.69) is 5.32 Å². The zero-order chi connectivity index (χ0) is 15.2. The molecule has 0 aromatic heterocycles.